The van der Waals surface area contributed by atoms with Crippen LogP contribution in [-0.2, 0) is 0 Å². The number of halogens is 3. The van der Waals surface area contributed by atoms with Crippen molar-refractivity contribution >= 4 is 46.4 Å². The molecule has 5 nitrogen and oxygen atoms in total. The lowest BCUT2D eigenvalue weighted by atomic mass is 10.1. The quantitative estimate of drug-likeness (QED) is 0.713. The van der Waals surface area contributed by atoms with Gasteiger partial charge in [-0.2, -0.15) is 5.10 Å². The Bertz CT molecular complexity index is 876. The Morgan fingerprint density at radius 1 is 1.19 bits per heavy atom. The van der Waals surface area contributed by atoms with Gasteiger partial charge in [0.1, 0.15) is 10.3 Å². The van der Waals surface area contributed by atoms with Crippen LogP contribution >= 0.6 is 34.8 Å². The average Bonchev–Trinajstić information content (AvgIpc) is 2.85. The van der Waals surface area contributed by atoms with Crippen LogP contribution in [0.5, 0.6) is 0 Å². The smallest absolute Gasteiger partial charge is 0.356 e. The van der Waals surface area contributed by atoms with Crippen molar-refractivity contribution in [2.75, 3.05) is 0 Å². The maximum atomic E-state index is 11.0. The van der Waals surface area contributed by atoms with E-state index in [4.69, 9.17) is 39.9 Å². The largest absolute Gasteiger partial charge is 0.476 e. The number of hydrogen-bond donors (Lipinski definition) is 1. The zero-order chi connectivity index (χ0) is 15.1. The first-order valence-electron chi connectivity index (χ1n) is 5.72. The summed E-state index contributed by atoms with van der Waals surface area (Å²) in [5.41, 5.74) is 1.07. The molecule has 0 amide bonds. The number of rotatable bonds is 2. The van der Waals surface area contributed by atoms with Crippen LogP contribution in [-0.4, -0.2) is 25.7 Å². The van der Waals surface area contributed by atoms with E-state index >= 15 is 0 Å². The van der Waals surface area contributed by atoms with E-state index in [1.54, 1.807) is 24.3 Å². The number of carboxylic acids is 1. The van der Waals surface area contributed by atoms with E-state index in [9.17, 15) is 4.79 Å². The summed E-state index contributed by atoms with van der Waals surface area (Å²) in [7, 11) is 0. The number of aromatic carboxylic acids is 1. The van der Waals surface area contributed by atoms with Crippen molar-refractivity contribution in [3.63, 3.8) is 0 Å². The molecule has 1 aromatic carbocycles. The molecule has 0 radical (unpaired) electrons. The zero-order valence-electron chi connectivity index (χ0n) is 10.2. The molecule has 2 aromatic heterocycles. The van der Waals surface area contributed by atoms with Gasteiger partial charge in [0.15, 0.2) is 11.3 Å². The highest BCUT2D eigenvalue weighted by molar-refractivity contribution is 6.40. The SMILES string of the molecule is O=C(O)c1cc2nc(Cl)c(-c3ccccc3Cl)c(Cl)n2n1. The van der Waals surface area contributed by atoms with E-state index < -0.39 is 5.97 Å². The molecular weight excluding hydrogens is 337 g/mol. The minimum atomic E-state index is -1.17. The predicted octanol–water partition coefficient (Wildman–Crippen LogP) is 4.05. The Kier molecular flexibility index (Phi) is 3.49. The van der Waals surface area contributed by atoms with Crippen LogP contribution in [0.1, 0.15) is 10.5 Å². The lowest BCUT2D eigenvalue weighted by molar-refractivity contribution is 0.0690. The first-order chi connectivity index (χ1) is 9.99. The van der Waals surface area contributed by atoms with Gasteiger partial charge in [-0.3, -0.25) is 0 Å². The van der Waals surface area contributed by atoms with Crippen LogP contribution in [0.3, 0.4) is 0 Å². The van der Waals surface area contributed by atoms with Crippen LogP contribution in [0, 0.1) is 0 Å². The molecule has 8 heteroatoms. The lowest BCUT2D eigenvalue weighted by Crippen LogP contribution is -2.00. The number of hydrogen-bond acceptors (Lipinski definition) is 3. The van der Waals surface area contributed by atoms with Crippen LogP contribution in [0.2, 0.25) is 15.3 Å². The van der Waals surface area contributed by atoms with Crippen LogP contribution in [0.4, 0.5) is 0 Å². The second kappa shape index (κ2) is 5.18. The first kappa shape index (κ1) is 14.1. The van der Waals surface area contributed by atoms with Gasteiger partial charge in [-0.15, -0.1) is 0 Å². The molecule has 0 aliphatic rings. The van der Waals surface area contributed by atoms with E-state index in [0.29, 0.717) is 16.1 Å². The number of carbonyl (C=O) groups is 1. The molecule has 0 aliphatic carbocycles. The second-order valence-electron chi connectivity index (χ2n) is 4.15. The number of benzene rings is 1. The van der Waals surface area contributed by atoms with E-state index in [-0.39, 0.29) is 21.6 Å². The van der Waals surface area contributed by atoms with Gasteiger partial charge in [0, 0.05) is 16.7 Å². The molecule has 0 bridgehead atoms. The summed E-state index contributed by atoms with van der Waals surface area (Å²) in [6.45, 7) is 0. The predicted molar refractivity (Wildman–Crippen MR) is 80.4 cm³/mol. The molecule has 3 aromatic rings. The number of aromatic nitrogens is 3. The third kappa shape index (κ3) is 2.33. The Labute approximate surface area is 133 Å². The Hall–Kier alpha value is -1.82. The summed E-state index contributed by atoms with van der Waals surface area (Å²) in [6, 6.07) is 8.28. The summed E-state index contributed by atoms with van der Waals surface area (Å²) >= 11 is 18.6. The minimum absolute atomic E-state index is 0.123. The summed E-state index contributed by atoms with van der Waals surface area (Å²) in [4.78, 5) is 15.1. The third-order valence-electron chi connectivity index (χ3n) is 2.86. The molecule has 0 unspecified atom stereocenters. The molecule has 106 valence electrons. The Balaban J connectivity index is 2.34. The van der Waals surface area contributed by atoms with Crippen molar-refractivity contribution in [3.8, 4) is 11.1 Å². The molecule has 0 atom stereocenters. The third-order valence-corrected chi connectivity index (χ3v) is 3.82. The van der Waals surface area contributed by atoms with E-state index in [1.807, 2.05) is 0 Å². The summed E-state index contributed by atoms with van der Waals surface area (Å²) < 4.78 is 1.22. The fourth-order valence-corrected chi connectivity index (χ4v) is 2.81. The zero-order valence-corrected chi connectivity index (χ0v) is 12.5. The van der Waals surface area contributed by atoms with E-state index in [0.717, 1.165) is 0 Å². The van der Waals surface area contributed by atoms with Gasteiger partial charge in [0.05, 0.1) is 5.56 Å². The fourth-order valence-electron chi connectivity index (χ4n) is 1.93. The average molecular weight is 343 g/mol. The highest BCUT2D eigenvalue weighted by atomic mass is 35.5. The van der Waals surface area contributed by atoms with Gasteiger partial charge < -0.3 is 5.11 Å². The lowest BCUT2D eigenvalue weighted by Gasteiger charge is -2.09. The number of fused-ring (bicyclic) bond motifs is 1. The van der Waals surface area contributed by atoms with Gasteiger partial charge in [-0.25, -0.2) is 14.3 Å². The standard InChI is InChI=1S/C13H6Cl3N3O2/c14-7-4-2-1-3-6(7)10-11(15)17-9-5-8(13(20)21)18-19(9)12(10)16/h1-5H,(H,20,21). The topological polar surface area (TPSA) is 67.5 Å². The van der Waals surface area contributed by atoms with E-state index in [2.05, 4.69) is 10.1 Å². The van der Waals surface area contributed by atoms with Crippen molar-refractivity contribution in [2.45, 2.75) is 0 Å². The molecule has 3 rings (SSSR count). The van der Waals surface area contributed by atoms with Crippen molar-refractivity contribution < 1.29 is 9.90 Å². The number of nitrogens with zero attached hydrogens (tertiary/aromatic N) is 3. The second-order valence-corrected chi connectivity index (χ2v) is 5.28. The highest BCUT2D eigenvalue weighted by Gasteiger charge is 2.19. The Morgan fingerprint density at radius 3 is 2.57 bits per heavy atom. The van der Waals surface area contributed by atoms with Gasteiger partial charge in [0.25, 0.3) is 0 Å². The molecule has 0 saturated heterocycles. The Morgan fingerprint density at radius 2 is 1.90 bits per heavy atom. The molecule has 0 fully saturated rings. The molecule has 2 heterocycles. The maximum Gasteiger partial charge on any atom is 0.356 e. The van der Waals surface area contributed by atoms with E-state index in [1.165, 1.54) is 10.6 Å². The first-order valence-corrected chi connectivity index (χ1v) is 6.85. The van der Waals surface area contributed by atoms with Crippen LogP contribution in [0.25, 0.3) is 16.8 Å². The van der Waals surface area contributed by atoms with Crippen LogP contribution in [0.15, 0.2) is 30.3 Å². The fraction of sp³-hybridized carbons (Fsp3) is 0. The summed E-state index contributed by atoms with van der Waals surface area (Å²) in [5, 5.41) is 13.6. The molecule has 0 spiro atoms. The normalized spacial score (nSPS) is 11.0. The molecule has 0 aliphatic heterocycles. The summed E-state index contributed by atoms with van der Waals surface area (Å²) in [5.74, 6) is -1.17. The highest BCUT2D eigenvalue weighted by Crippen LogP contribution is 2.37. The van der Waals surface area contributed by atoms with Gasteiger partial charge in [-0.1, -0.05) is 53.0 Å². The molecule has 0 saturated carbocycles. The molecule has 21 heavy (non-hydrogen) atoms. The monoisotopic (exact) mass is 341 g/mol. The van der Waals surface area contributed by atoms with Crippen molar-refractivity contribution in [1.29, 1.82) is 0 Å². The molecular formula is C13H6Cl3N3O2. The van der Waals surface area contributed by atoms with Crippen molar-refractivity contribution in [2.24, 2.45) is 0 Å². The maximum absolute atomic E-state index is 11.0. The number of carboxylic acid groups (broad SMARTS) is 1. The summed E-state index contributed by atoms with van der Waals surface area (Å²) in [6.07, 6.45) is 0. The van der Waals surface area contributed by atoms with Crippen molar-refractivity contribution in [3.05, 3.63) is 51.4 Å². The minimum Gasteiger partial charge on any atom is -0.476 e. The van der Waals surface area contributed by atoms with Crippen molar-refractivity contribution in [1.82, 2.24) is 14.6 Å². The molecule has 1 N–H and O–H groups in total. The van der Waals surface area contributed by atoms with Gasteiger partial charge >= 0.3 is 5.97 Å². The van der Waals surface area contributed by atoms with Crippen LogP contribution < -0.4 is 0 Å². The van der Waals surface area contributed by atoms with Gasteiger partial charge in [-0.05, 0) is 6.07 Å². The van der Waals surface area contributed by atoms with Gasteiger partial charge in [0.2, 0.25) is 0 Å².